The van der Waals surface area contributed by atoms with E-state index in [1.807, 2.05) is 33.1 Å². The fourth-order valence-corrected chi connectivity index (χ4v) is 6.86. The first-order valence-corrected chi connectivity index (χ1v) is 16.3. The molecule has 230 valence electrons. The SMILES string of the molecule is C#C.CC.CC(C)(C)O.CSN1Cc2cccc(F)c2-c2c(C)c(C3=CCCC4(CCC3)CC4)c(CC(=O)O)c(C)c21. The van der Waals surface area contributed by atoms with Crippen LogP contribution < -0.4 is 4.31 Å². The van der Waals surface area contributed by atoms with Gasteiger partial charge >= 0.3 is 5.97 Å². The van der Waals surface area contributed by atoms with Gasteiger partial charge in [0.25, 0.3) is 0 Å². The molecule has 3 aliphatic rings. The lowest BCUT2D eigenvalue weighted by atomic mass is 9.78. The highest BCUT2D eigenvalue weighted by atomic mass is 32.2. The summed E-state index contributed by atoms with van der Waals surface area (Å²) in [4.78, 5) is 12.0. The largest absolute Gasteiger partial charge is 0.481 e. The van der Waals surface area contributed by atoms with Crippen LogP contribution in [0.4, 0.5) is 10.1 Å². The summed E-state index contributed by atoms with van der Waals surface area (Å²) in [6, 6.07) is 5.33. The molecule has 1 saturated carbocycles. The Balaban J connectivity index is 0.000000612. The first-order valence-electron chi connectivity index (χ1n) is 15.1. The number of aliphatic hydroxyl groups is 1. The highest BCUT2D eigenvalue weighted by Crippen LogP contribution is 2.56. The van der Waals surface area contributed by atoms with Crippen molar-refractivity contribution in [1.29, 1.82) is 0 Å². The van der Waals surface area contributed by atoms with Crippen molar-refractivity contribution in [3.05, 3.63) is 57.9 Å². The van der Waals surface area contributed by atoms with Crippen molar-refractivity contribution in [2.45, 2.75) is 112 Å². The molecule has 2 aromatic rings. The van der Waals surface area contributed by atoms with Crippen LogP contribution in [0, 0.1) is 37.9 Å². The number of allylic oxidation sites excluding steroid dienone is 2. The Labute approximate surface area is 257 Å². The van der Waals surface area contributed by atoms with Gasteiger partial charge in [-0.2, -0.15) is 0 Å². The molecule has 2 N–H and O–H groups in total. The summed E-state index contributed by atoms with van der Waals surface area (Å²) < 4.78 is 17.4. The Kier molecular flexibility index (Phi) is 12.8. The maximum absolute atomic E-state index is 15.3. The molecule has 0 amide bonds. The van der Waals surface area contributed by atoms with E-state index in [0.29, 0.717) is 17.5 Å². The summed E-state index contributed by atoms with van der Waals surface area (Å²) >= 11 is 1.61. The predicted octanol–water partition coefficient (Wildman–Crippen LogP) is 9.52. The van der Waals surface area contributed by atoms with Crippen LogP contribution in [-0.2, 0) is 17.8 Å². The maximum atomic E-state index is 15.3. The number of hydrogen-bond donors (Lipinski definition) is 2. The van der Waals surface area contributed by atoms with Gasteiger partial charge in [-0.25, -0.2) is 4.39 Å². The first kappa shape index (κ1) is 35.4. The number of carbonyl (C=O) groups is 1. The molecule has 0 atom stereocenters. The van der Waals surface area contributed by atoms with Crippen molar-refractivity contribution >= 4 is 29.2 Å². The maximum Gasteiger partial charge on any atom is 0.307 e. The lowest BCUT2D eigenvalue weighted by Crippen LogP contribution is -2.23. The first-order chi connectivity index (χ1) is 19.8. The van der Waals surface area contributed by atoms with E-state index in [4.69, 9.17) is 5.11 Å². The van der Waals surface area contributed by atoms with Crippen molar-refractivity contribution in [2.24, 2.45) is 5.41 Å². The van der Waals surface area contributed by atoms with Crippen LogP contribution in [0.1, 0.15) is 107 Å². The summed E-state index contributed by atoms with van der Waals surface area (Å²) in [6.07, 6.45) is 20.7. The molecule has 1 aliphatic heterocycles. The van der Waals surface area contributed by atoms with Gasteiger partial charge in [-0.15, -0.1) is 12.8 Å². The molecule has 6 heteroatoms. The zero-order chi connectivity index (χ0) is 31.8. The van der Waals surface area contributed by atoms with Crippen molar-refractivity contribution < 1.29 is 19.4 Å². The van der Waals surface area contributed by atoms with E-state index in [1.165, 1.54) is 31.3 Å². The third-order valence-corrected chi connectivity index (χ3v) is 8.81. The Hall–Kier alpha value is -2.75. The average molecular weight is 596 g/mol. The number of rotatable bonds is 4. The van der Waals surface area contributed by atoms with Crippen molar-refractivity contribution in [3.63, 3.8) is 0 Å². The molecule has 1 spiro atoms. The Morgan fingerprint density at radius 3 is 2.21 bits per heavy atom. The summed E-state index contributed by atoms with van der Waals surface area (Å²) in [5.74, 6) is -1.02. The second-order valence-corrected chi connectivity index (χ2v) is 13.0. The number of nitrogens with zero attached hydrogens (tertiary/aromatic N) is 1. The topological polar surface area (TPSA) is 60.8 Å². The number of aliphatic carboxylic acids is 1. The number of hydrogen-bond acceptors (Lipinski definition) is 4. The minimum absolute atomic E-state index is 0.0110. The van der Waals surface area contributed by atoms with Crippen molar-refractivity contribution in [3.8, 4) is 24.0 Å². The molecule has 0 saturated heterocycles. The van der Waals surface area contributed by atoms with Crippen LogP contribution in [0.5, 0.6) is 0 Å². The molecular weight excluding hydrogens is 545 g/mol. The van der Waals surface area contributed by atoms with Gasteiger partial charge < -0.3 is 14.5 Å². The lowest BCUT2D eigenvalue weighted by Gasteiger charge is -2.36. The second-order valence-electron chi connectivity index (χ2n) is 12.2. The van der Waals surface area contributed by atoms with Crippen LogP contribution in [0.3, 0.4) is 0 Å². The summed E-state index contributed by atoms with van der Waals surface area (Å²) in [6.45, 7) is 13.9. The van der Waals surface area contributed by atoms with Gasteiger partial charge in [-0.05, 0) is 124 Å². The highest BCUT2D eigenvalue weighted by Gasteiger charge is 2.41. The third-order valence-electron chi connectivity index (χ3n) is 8.05. The summed E-state index contributed by atoms with van der Waals surface area (Å²) in [5.41, 5.74) is 8.85. The Morgan fingerprint density at radius 2 is 1.67 bits per heavy atom. The van der Waals surface area contributed by atoms with Gasteiger partial charge in [-0.3, -0.25) is 4.79 Å². The minimum Gasteiger partial charge on any atom is -0.481 e. The van der Waals surface area contributed by atoms with E-state index < -0.39 is 11.6 Å². The van der Waals surface area contributed by atoms with Crippen LogP contribution in [0.15, 0.2) is 24.3 Å². The average Bonchev–Trinajstić information content (AvgIpc) is 3.70. The summed E-state index contributed by atoms with van der Waals surface area (Å²) in [7, 11) is 0. The van der Waals surface area contributed by atoms with E-state index in [1.54, 1.807) is 44.9 Å². The molecule has 0 radical (unpaired) electrons. The van der Waals surface area contributed by atoms with Crippen LogP contribution in [0.2, 0.25) is 0 Å². The number of carboxylic acids is 1. The lowest BCUT2D eigenvalue weighted by molar-refractivity contribution is -0.136. The molecule has 2 aliphatic carbocycles. The van der Waals surface area contributed by atoms with E-state index in [0.717, 1.165) is 58.3 Å². The van der Waals surface area contributed by atoms with Crippen LogP contribution in [0.25, 0.3) is 16.7 Å². The molecule has 1 heterocycles. The summed E-state index contributed by atoms with van der Waals surface area (Å²) in [5, 5.41) is 18.3. The van der Waals surface area contributed by atoms with Crippen LogP contribution >= 0.6 is 11.9 Å². The quantitative estimate of drug-likeness (QED) is 0.272. The van der Waals surface area contributed by atoms with E-state index >= 15 is 4.39 Å². The molecule has 0 unspecified atom stereocenters. The minimum atomic E-state index is -0.819. The van der Waals surface area contributed by atoms with Gasteiger partial charge in [0.1, 0.15) is 5.82 Å². The molecule has 4 nitrogen and oxygen atoms in total. The molecule has 5 rings (SSSR count). The van der Waals surface area contributed by atoms with Gasteiger partial charge in [0, 0.05) is 17.4 Å². The standard InChI is InChI=1S/C28H32FNO2S.C4H10O.C2H6.C2H2/c1-17-21(15-23(31)32)24(19-8-5-11-28(13-14-28)12-6-9-19)18(2)25-26-20(7-4-10-22(26)29)16-30(33-3)27(17)25;1-4(2,3)5;2*1-2/h4,7-8,10H,5-6,9,11-16H2,1-3H3,(H,31,32);5H,1-3H3;1-2H3;1-2H. The number of benzene rings is 2. The number of fused-ring (bicyclic) bond motifs is 3. The molecule has 0 bridgehead atoms. The highest BCUT2D eigenvalue weighted by molar-refractivity contribution is 7.99. The predicted molar refractivity (Wildman–Crippen MR) is 178 cm³/mol. The van der Waals surface area contributed by atoms with E-state index in [9.17, 15) is 9.90 Å². The fraction of sp³-hybridized carbons (Fsp3) is 0.528. The molecule has 2 aromatic carbocycles. The number of anilines is 1. The van der Waals surface area contributed by atoms with Crippen molar-refractivity contribution in [1.82, 2.24) is 0 Å². The third kappa shape index (κ3) is 8.42. The van der Waals surface area contributed by atoms with Crippen LogP contribution in [-0.4, -0.2) is 28.0 Å². The zero-order valence-corrected chi connectivity index (χ0v) is 27.7. The van der Waals surface area contributed by atoms with E-state index in [2.05, 4.69) is 30.2 Å². The van der Waals surface area contributed by atoms with Gasteiger partial charge in [0.2, 0.25) is 0 Å². The zero-order valence-electron chi connectivity index (χ0n) is 26.9. The van der Waals surface area contributed by atoms with Gasteiger partial charge in [0.05, 0.1) is 24.3 Å². The fourth-order valence-electron chi connectivity index (χ4n) is 6.18. The molecule has 1 fully saturated rings. The van der Waals surface area contributed by atoms with Gasteiger partial charge in [0.15, 0.2) is 0 Å². The monoisotopic (exact) mass is 595 g/mol. The smallest absolute Gasteiger partial charge is 0.307 e. The van der Waals surface area contributed by atoms with Crippen molar-refractivity contribution in [2.75, 3.05) is 10.6 Å². The number of carboxylic acid groups (broad SMARTS) is 1. The Morgan fingerprint density at radius 1 is 1.05 bits per heavy atom. The molecular formula is C36H50FNO3S. The Bertz CT molecular complexity index is 1300. The van der Waals surface area contributed by atoms with E-state index in [-0.39, 0.29) is 12.2 Å². The second kappa shape index (κ2) is 15.1. The normalized spacial score (nSPS) is 16.4. The molecule has 0 aromatic heterocycles. The number of halogens is 1. The number of terminal acetylenes is 1. The molecule has 42 heavy (non-hydrogen) atoms. The van der Waals surface area contributed by atoms with Gasteiger partial charge in [-0.1, -0.05) is 44.0 Å².